The Bertz CT molecular complexity index is 985. The Hall–Kier alpha value is -3.33. The molecule has 1 aliphatic heterocycles. The molecule has 25 heavy (non-hydrogen) atoms. The molecule has 3 aromatic rings. The maximum absolute atomic E-state index is 13.6. The summed E-state index contributed by atoms with van der Waals surface area (Å²) in [6.45, 7) is 0.932. The summed E-state index contributed by atoms with van der Waals surface area (Å²) in [5.74, 6) is 3.23. The van der Waals surface area contributed by atoms with Crippen LogP contribution in [0.15, 0.2) is 55.0 Å². The van der Waals surface area contributed by atoms with Gasteiger partial charge >= 0.3 is 0 Å². The van der Waals surface area contributed by atoms with Crippen molar-refractivity contribution in [1.82, 2.24) is 24.8 Å². The van der Waals surface area contributed by atoms with E-state index in [0.717, 1.165) is 22.6 Å². The van der Waals surface area contributed by atoms with Crippen LogP contribution in [0.3, 0.4) is 0 Å². The van der Waals surface area contributed by atoms with Gasteiger partial charge in [0.25, 0.3) is 0 Å². The lowest BCUT2D eigenvalue weighted by Gasteiger charge is -2.25. The van der Waals surface area contributed by atoms with E-state index in [1.165, 1.54) is 12.1 Å². The number of hydrogen-bond donors (Lipinski definition) is 1. The van der Waals surface area contributed by atoms with E-state index >= 15 is 0 Å². The van der Waals surface area contributed by atoms with Gasteiger partial charge in [0.1, 0.15) is 23.3 Å². The van der Waals surface area contributed by atoms with E-state index in [1.807, 2.05) is 35.2 Å². The van der Waals surface area contributed by atoms with Gasteiger partial charge in [-0.05, 0) is 29.8 Å². The number of hydrogen-bond acceptors (Lipinski definition) is 4. The number of imidazole rings is 1. The van der Waals surface area contributed by atoms with Gasteiger partial charge in [-0.1, -0.05) is 18.1 Å². The van der Waals surface area contributed by atoms with E-state index in [9.17, 15) is 4.39 Å². The van der Waals surface area contributed by atoms with E-state index in [4.69, 9.17) is 6.42 Å². The monoisotopic (exact) mass is 333 g/mol. The van der Waals surface area contributed by atoms with Crippen LogP contribution in [0, 0.1) is 18.2 Å². The first-order valence-electron chi connectivity index (χ1n) is 7.94. The van der Waals surface area contributed by atoms with Gasteiger partial charge in [-0.15, -0.1) is 6.42 Å². The molecule has 1 N–H and O–H groups in total. The lowest BCUT2D eigenvalue weighted by Crippen LogP contribution is -2.27. The summed E-state index contributed by atoms with van der Waals surface area (Å²) in [5, 5.41) is 3.24. The molecule has 2 aromatic heterocycles. The van der Waals surface area contributed by atoms with Crippen LogP contribution in [0.5, 0.6) is 0 Å². The van der Waals surface area contributed by atoms with Crippen molar-refractivity contribution >= 4 is 11.2 Å². The fourth-order valence-corrected chi connectivity index (χ4v) is 3.07. The Balaban J connectivity index is 1.67. The molecule has 0 radical (unpaired) electrons. The van der Waals surface area contributed by atoms with Crippen molar-refractivity contribution in [3.63, 3.8) is 0 Å². The number of terminal acetylenes is 1. The van der Waals surface area contributed by atoms with Crippen LogP contribution < -0.4 is 5.32 Å². The SMILES string of the molecule is C#CCn1c(CN2C=CNC2c2cccc(F)c2)nc2cccnc21. The van der Waals surface area contributed by atoms with Crippen LogP contribution in [-0.4, -0.2) is 19.4 Å². The molecule has 0 bridgehead atoms. The molecule has 0 spiro atoms. The molecule has 0 amide bonds. The summed E-state index contributed by atoms with van der Waals surface area (Å²) in [7, 11) is 0. The van der Waals surface area contributed by atoms with Gasteiger partial charge in [0.05, 0.1) is 13.1 Å². The molecule has 0 aliphatic carbocycles. The van der Waals surface area contributed by atoms with Crippen molar-refractivity contribution in [2.75, 3.05) is 0 Å². The van der Waals surface area contributed by atoms with Gasteiger partial charge in [0.15, 0.2) is 5.65 Å². The third-order valence-electron chi connectivity index (χ3n) is 4.17. The first-order valence-corrected chi connectivity index (χ1v) is 7.94. The number of benzene rings is 1. The number of halogens is 1. The second-order valence-corrected chi connectivity index (χ2v) is 5.78. The minimum Gasteiger partial charge on any atom is -0.366 e. The third-order valence-corrected chi connectivity index (χ3v) is 4.17. The first-order chi connectivity index (χ1) is 12.3. The van der Waals surface area contributed by atoms with Crippen LogP contribution in [0.1, 0.15) is 17.6 Å². The van der Waals surface area contributed by atoms with E-state index in [2.05, 4.69) is 26.1 Å². The zero-order chi connectivity index (χ0) is 17.2. The summed E-state index contributed by atoms with van der Waals surface area (Å²) < 4.78 is 15.5. The predicted octanol–water partition coefficient (Wildman–Crippen LogP) is 2.78. The molecule has 4 rings (SSSR count). The number of fused-ring (bicyclic) bond motifs is 1. The average Bonchev–Trinajstić information content (AvgIpc) is 3.21. The molecule has 0 saturated heterocycles. The molecule has 1 aliphatic rings. The third kappa shape index (κ3) is 2.81. The van der Waals surface area contributed by atoms with Crippen LogP contribution in [0.2, 0.25) is 0 Å². The Morgan fingerprint density at radius 3 is 3.04 bits per heavy atom. The Labute approximate surface area is 144 Å². The summed E-state index contributed by atoms with van der Waals surface area (Å²) in [4.78, 5) is 11.1. The Kier molecular flexibility index (Phi) is 3.82. The van der Waals surface area contributed by atoms with E-state index in [1.54, 1.807) is 12.3 Å². The van der Waals surface area contributed by atoms with Crippen molar-refractivity contribution in [3.8, 4) is 12.3 Å². The summed E-state index contributed by atoms with van der Waals surface area (Å²) in [6, 6.07) is 10.3. The van der Waals surface area contributed by atoms with Crippen molar-refractivity contribution < 1.29 is 4.39 Å². The maximum atomic E-state index is 13.6. The number of nitrogens with one attached hydrogen (secondary N) is 1. The second kappa shape index (κ2) is 6.29. The number of rotatable bonds is 4. The van der Waals surface area contributed by atoms with Crippen LogP contribution in [0.25, 0.3) is 11.2 Å². The van der Waals surface area contributed by atoms with E-state index < -0.39 is 0 Å². The number of nitrogens with zero attached hydrogens (tertiary/aromatic N) is 4. The second-order valence-electron chi connectivity index (χ2n) is 5.78. The molecule has 3 heterocycles. The zero-order valence-corrected chi connectivity index (χ0v) is 13.4. The highest BCUT2D eigenvalue weighted by atomic mass is 19.1. The average molecular weight is 333 g/mol. The largest absolute Gasteiger partial charge is 0.366 e. The van der Waals surface area contributed by atoms with Gasteiger partial charge < -0.3 is 10.2 Å². The van der Waals surface area contributed by atoms with Crippen LogP contribution in [-0.2, 0) is 13.1 Å². The smallest absolute Gasteiger partial charge is 0.160 e. The van der Waals surface area contributed by atoms with Gasteiger partial charge in [0, 0.05) is 18.6 Å². The zero-order valence-electron chi connectivity index (χ0n) is 13.4. The maximum Gasteiger partial charge on any atom is 0.160 e. The van der Waals surface area contributed by atoms with E-state index in [-0.39, 0.29) is 12.0 Å². The number of aromatic nitrogens is 3. The molecule has 6 heteroatoms. The highest BCUT2D eigenvalue weighted by molar-refractivity contribution is 5.71. The van der Waals surface area contributed by atoms with Gasteiger partial charge in [0.2, 0.25) is 0 Å². The van der Waals surface area contributed by atoms with Crippen LogP contribution >= 0.6 is 0 Å². The normalized spacial score (nSPS) is 16.2. The fraction of sp³-hybridized carbons (Fsp3) is 0.158. The highest BCUT2D eigenvalue weighted by Crippen LogP contribution is 2.25. The van der Waals surface area contributed by atoms with Crippen molar-refractivity contribution in [2.45, 2.75) is 19.3 Å². The fourth-order valence-electron chi connectivity index (χ4n) is 3.07. The highest BCUT2D eigenvalue weighted by Gasteiger charge is 2.23. The predicted molar refractivity (Wildman–Crippen MR) is 93.3 cm³/mol. The van der Waals surface area contributed by atoms with Gasteiger partial charge in [-0.3, -0.25) is 4.57 Å². The topological polar surface area (TPSA) is 46.0 Å². The van der Waals surface area contributed by atoms with E-state index in [0.29, 0.717) is 13.1 Å². The lowest BCUT2D eigenvalue weighted by atomic mass is 10.1. The molecule has 124 valence electrons. The molecule has 5 nitrogen and oxygen atoms in total. The summed E-state index contributed by atoms with van der Waals surface area (Å²) >= 11 is 0. The van der Waals surface area contributed by atoms with Gasteiger partial charge in [-0.2, -0.15) is 0 Å². The molecule has 0 saturated carbocycles. The minimum atomic E-state index is -0.255. The Morgan fingerprint density at radius 1 is 1.28 bits per heavy atom. The number of pyridine rings is 1. The summed E-state index contributed by atoms with van der Waals surface area (Å²) in [6.07, 6.45) is 10.9. The van der Waals surface area contributed by atoms with Crippen LogP contribution in [0.4, 0.5) is 4.39 Å². The minimum absolute atomic E-state index is 0.150. The molecule has 1 aromatic carbocycles. The molecule has 0 fully saturated rings. The quantitative estimate of drug-likeness (QED) is 0.746. The molecule has 1 unspecified atom stereocenters. The molecular formula is C19H16FN5. The van der Waals surface area contributed by atoms with Crippen molar-refractivity contribution in [1.29, 1.82) is 0 Å². The van der Waals surface area contributed by atoms with Crippen molar-refractivity contribution in [3.05, 3.63) is 72.2 Å². The van der Waals surface area contributed by atoms with Gasteiger partial charge in [-0.25, -0.2) is 14.4 Å². The Morgan fingerprint density at radius 2 is 2.20 bits per heavy atom. The first kappa shape index (κ1) is 15.2. The lowest BCUT2D eigenvalue weighted by molar-refractivity contribution is 0.266. The molecule has 1 atom stereocenters. The molecular weight excluding hydrogens is 317 g/mol. The van der Waals surface area contributed by atoms with Crippen molar-refractivity contribution in [2.24, 2.45) is 0 Å². The summed E-state index contributed by atoms with van der Waals surface area (Å²) in [5.41, 5.74) is 2.43. The standard InChI is InChI=1S/C19H16FN5/c1-2-10-25-17(23-16-7-4-8-21-19(16)25)13-24-11-9-22-18(24)14-5-3-6-15(20)12-14/h1,3-9,11-12,18,22H,10,13H2.